The number of amidine groups is 1. The van der Waals surface area contributed by atoms with E-state index in [1.54, 1.807) is 0 Å². The average Bonchev–Trinajstić information content (AvgIpc) is 2.87. The second-order valence-electron chi connectivity index (χ2n) is 5.15. The molecular formula is C14H13ClN2. The van der Waals surface area contributed by atoms with Gasteiger partial charge in [0.1, 0.15) is 5.84 Å². The molecule has 0 spiro atoms. The monoisotopic (exact) mass is 244 g/mol. The van der Waals surface area contributed by atoms with E-state index >= 15 is 0 Å². The van der Waals surface area contributed by atoms with E-state index in [1.807, 2.05) is 6.07 Å². The third-order valence-electron chi connectivity index (χ3n) is 3.94. The van der Waals surface area contributed by atoms with Crippen molar-refractivity contribution in [3.63, 3.8) is 0 Å². The molecule has 1 aromatic rings. The van der Waals surface area contributed by atoms with Crippen molar-refractivity contribution in [2.75, 3.05) is 0 Å². The molecule has 2 heterocycles. The molecule has 2 unspecified atom stereocenters. The van der Waals surface area contributed by atoms with E-state index in [9.17, 15) is 0 Å². The van der Waals surface area contributed by atoms with Gasteiger partial charge in [-0.25, -0.2) is 4.99 Å². The highest BCUT2D eigenvalue weighted by molar-refractivity contribution is 6.33. The number of hydrogen-bond donors (Lipinski definition) is 0. The van der Waals surface area contributed by atoms with Crippen LogP contribution in [0, 0.1) is 12.8 Å². The number of aliphatic imine (C=N–C) groups is 1. The summed E-state index contributed by atoms with van der Waals surface area (Å²) >= 11 is 6.30. The predicted molar refractivity (Wildman–Crippen MR) is 69.9 cm³/mol. The minimum Gasteiger partial charge on any atom is -0.349 e. The third-order valence-corrected chi connectivity index (χ3v) is 4.23. The zero-order chi connectivity index (χ0) is 11.6. The first-order chi connectivity index (χ1) is 8.22. The van der Waals surface area contributed by atoms with Gasteiger partial charge in [0.25, 0.3) is 0 Å². The lowest BCUT2D eigenvalue weighted by Crippen LogP contribution is -2.36. The molecule has 2 nitrogen and oxygen atoms in total. The lowest BCUT2D eigenvalue weighted by molar-refractivity contribution is 0.377. The number of aryl methyl sites for hydroxylation is 1. The Bertz CT molecular complexity index is 574. The Morgan fingerprint density at radius 1 is 1.35 bits per heavy atom. The summed E-state index contributed by atoms with van der Waals surface area (Å²) in [4.78, 5) is 7.21. The van der Waals surface area contributed by atoms with E-state index in [-0.39, 0.29) is 0 Å². The molecule has 1 saturated heterocycles. The number of rotatable bonds is 0. The van der Waals surface area contributed by atoms with Crippen molar-refractivity contribution in [3.05, 3.63) is 40.4 Å². The van der Waals surface area contributed by atoms with E-state index < -0.39 is 0 Å². The first kappa shape index (κ1) is 9.72. The van der Waals surface area contributed by atoms with Crippen LogP contribution in [0.2, 0.25) is 5.02 Å². The molecule has 4 rings (SSSR count). The maximum atomic E-state index is 6.30. The predicted octanol–water partition coefficient (Wildman–Crippen LogP) is 3.45. The van der Waals surface area contributed by atoms with Gasteiger partial charge in [-0.1, -0.05) is 29.8 Å². The van der Waals surface area contributed by atoms with Crippen LogP contribution >= 0.6 is 11.6 Å². The number of halogens is 1. The first-order valence-corrected chi connectivity index (χ1v) is 6.43. The molecule has 2 atom stereocenters. The summed E-state index contributed by atoms with van der Waals surface area (Å²) in [5.41, 5.74) is 3.47. The van der Waals surface area contributed by atoms with E-state index in [0.717, 1.165) is 17.3 Å². The summed E-state index contributed by atoms with van der Waals surface area (Å²) in [5.74, 6) is 1.74. The van der Waals surface area contributed by atoms with E-state index in [4.69, 9.17) is 16.6 Å². The van der Waals surface area contributed by atoms with Crippen molar-refractivity contribution in [1.29, 1.82) is 0 Å². The summed E-state index contributed by atoms with van der Waals surface area (Å²) in [6, 6.07) is 4.77. The van der Waals surface area contributed by atoms with Crippen LogP contribution in [-0.2, 0) is 6.54 Å². The van der Waals surface area contributed by atoms with Gasteiger partial charge in [0.2, 0.25) is 0 Å². The quantitative estimate of drug-likeness (QED) is 0.639. The highest BCUT2D eigenvalue weighted by Crippen LogP contribution is 2.43. The number of hydrogen-bond acceptors (Lipinski definition) is 2. The molecule has 2 aliphatic heterocycles. The van der Waals surface area contributed by atoms with Crippen molar-refractivity contribution in [2.24, 2.45) is 10.9 Å². The molecule has 1 aromatic carbocycles. The zero-order valence-corrected chi connectivity index (χ0v) is 10.4. The van der Waals surface area contributed by atoms with E-state index in [0.29, 0.717) is 12.0 Å². The number of benzene rings is 1. The molecule has 0 aromatic heterocycles. The van der Waals surface area contributed by atoms with Crippen molar-refractivity contribution >= 4 is 23.1 Å². The van der Waals surface area contributed by atoms with Crippen LogP contribution in [0.25, 0.3) is 0 Å². The Kier molecular flexibility index (Phi) is 1.79. The normalized spacial score (nSPS) is 28.1. The summed E-state index contributed by atoms with van der Waals surface area (Å²) in [7, 11) is 0. The molecule has 3 aliphatic rings. The smallest absolute Gasteiger partial charge is 0.113 e. The van der Waals surface area contributed by atoms with Crippen LogP contribution in [-0.4, -0.2) is 16.8 Å². The van der Waals surface area contributed by atoms with Gasteiger partial charge in [0.05, 0.1) is 10.7 Å². The van der Waals surface area contributed by atoms with Gasteiger partial charge in [-0.3, -0.25) is 0 Å². The minimum absolute atomic E-state index is 0.519. The highest BCUT2D eigenvalue weighted by Gasteiger charge is 2.41. The second-order valence-corrected chi connectivity index (χ2v) is 5.55. The summed E-state index contributed by atoms with van der Waals surface area (Å²) < 4.78 is 0. The van der Waals surface area contributed by atoms with Crippen molar-refractivity contribution < 1.29 is 0 Å². The van der Waals surface area contributed by atoms with Crippen LogP contribution in [0.5, 0.6) is 0 Å². The Balaban J connectivity index is 1.90. The maximum absolute atomic E-state index is 6.30. The van der Waals surface area contributed by atoms with Gasteiger partial charge in [0, 0.05) is 18.5 Å². The first-order valence-electron chi connectivity index (χ1n) is 6.05. The molecule has 2 bridgehead atoms. The lowest BCUT2D eigenvalue weighted by Gasteiger charge is -2.32. The number of fused-ring (bicyclic) bond motifs is 6. The number of nitrogens with zero attached hydrogens (tertiary/aromatic N) is 2. The molecule has 1 fully saturated rings. The van der Waals surface area contributed by atoms with Gasteiger partial charge in [-0.2, -0.15) is 0 Å². The fourth-order valence-corrected chi connectivity index (χ4v) is 3.52. The largest absolute Gasteiger partial charge is 0.349 e. The Morgan fingerprint density at radius 3 is 3.12 bits per heavy atom. The van der Waals surface area contributed by atoms with Crippen LogP contribution < -0.4 is 0 Å². The summed E-state index contributed by atoms with van der Waals surface area (Å²) in [5, 5.41) is 0.791. The highest BCUT2D eigenvalue weighted by atomic mass is 35.5. The SMILES string of the molecule is Cc1cc(Cl)c2c(c1)CN1C(=N2)C2C=CC1C2. The summed E-state index contributed by atoms with van der Waals surface area (Å²) in [6.07, 6.45) is 5.79. The van der Waals surface area contributed by atoms with Gasteiger partial charge >= 0.3 is 0 Å². The van der Waals surface area contributed by atoms with Crippen LogP contribution in [0.1, 0.15) is 17.5 Å². The second kappa shape index (κ2) is 3.14. The van der Waals surface area contributed by atoms with E-state index in [2.05, 4.69) is 30.0 Å². The van der Waals surface area contributed by atoms with Crippen LogP contribution in [0.4, 0.5) is 5.69 Å². The van der Waals surface area contributed by atoms with Gasteiger partial charge in [-0.05, 0) is 30.5 Å². The minimum atomic E-state index is 0.519. The lowest BCUT2D eigenvalue weighted by atomic mass is 10.0. The average molecular weight is 245 g/mol. The Morgan fingerprint density at radius 2 is 2.24 bits per heavy atom. The third kappa shape index (κ3) is 1.25. The molecule has 0 N–H and O–H groups in total. The Labute approximate surface area is 106 Å². The molecule has 1 aliphatic carbocycles. The molecule has 3 heteroatoms. The standard InChI is InChI=1S/C14H13ClN2/c1-8-4-10-7-17-11-3-2-9(6-11)14(17)16-13(10)12(15)5-8/h2-5,9,11H,6-7H2,1H3. The van der Waals surface area contributed by atoms with Gasteiger partial charge < -0.3 is 4.90 Å². The van der Waals surface area contributed by atoms with Crippen molar-refractivity contribution in [2.45, 2.75) is 25.9 Å². The fraction of sp³-hybridized carbons (Fsp3) is 0.357. The fourth-order valence-electron chi connectivity index (χ4n) is 3.18. The zero-order valence-electron chi connectivity index (χ0n) is 9.65. The van der Waals surface area contributed by atoms with Crippen molar-refractivity contribution in [3.8, 4) is 0 Å². The van der Waals surface area contributed by atoms with Crippen molar-refractivity contribution in [1.82, 2.24) is 4.90 Å². The maximum Gasteiger partial charge on any atom is 0.113 e. The molecule has 86 valence electrons. The van der Waals surface area contributed by atoms with Crippen LogP contribution in [0.15, 0.2) is 29.3 Å². The topological polar surface area (TPSA) is 15.6 Å². The molecule has 0 saturated carbocycles. The van der Waals surface area contributed by atoms with E-state index in [1.165, 1.54) is 23.4 Å². The molecule has 17 heavy (non-hydrogen) atoms. The van der Waals surface area contributed by atoms with Crippen LogP contribution in [0.3, 0.4) is 0 Å². The van der Waals surface area contributed by atoms with Gasteiger partial charge in [0.15, 0.2) is 0 Å². The molecule has 0 amide bonds. The molecule has 0 radical (unpaired) electrons. The molecular weight excluding hydrogens is 232 g/mol. The van der Waals surface area contributed by atoms with Gasteiger partial charge in [-0.15, -0.1) is 0 Å². The summed E-state index contributed by atoms with van der Waals surface area (Å²) in [6.45, 7) is 3.04. The Hall–Kier alpha value is -1.28.